The number of hydrogen-bond donors (Lipinski definition) is 1. The van der Waals surface area contributed by atoms with E-state index in [1.54, 1.807) is 0 Å². The fourth-order valence-corrected chi connectivity index (χ4v) is 2.04. The van der Waals surface area contributed by atoms with Crippen LogP contribution in [-0.2, 0) is 0 Å². The summed E-state index contributed by atoms with van der Waals surface area (Å²) in [6.07, 6.45) is 0. The average molecular weight is 328 g/mol. The molecule has 2 N–H and O–H groups in total. The van der Waals surface area contributed by atoms with Gasteiger partial charge in [-0.1, -0.05) is 31.1 Å². The van der Waals surface area contributed by atoms with Gasteiger partial charge in [0.1, 0.15) is 0 Å². The highest BCUT2D eigenvalue weighted by Gasteiger charge is 2.18. The van der Waals surface area contributed by atoms with Crippen molar-refractivity contribution in [1.29, 1.82) is 0 Å². The van der Waals surface area contributed by atoms with Crippen molar-refractivity contribution in [2.24, 2.45) is 0 Å². The van der Waals surface area contributed by atoms with Crippen LogP contribution >= 0.6 is 22.6 Å². The van der Waals surface area contributed by atoms with Crippen LogP contribution in [0, 0.1) is 3.57 Å². The molecule has 0 saturated heterocycles. The Bertz CT molecular complexity index is 488. The van der Waals surface area contributed by atoms with Gasteiger partial charge in [0.25, 0.3) is 0 Å². The van der Waals surface area contributed by atoms with Gasteiger partial charge >= 0.3 is 0 Å². The quantitative estimate of drug-likeness (QED) is 0.856. The normalized spacial score (nSPS) is 11.0. The van der Waals surface area contributed by atoms with Crippen LogP contribution in [0.4, 0.5) is 5.82 Å². The molecule has 0 amide bonds. The Labute approximate surface area is 108 Å². The number of hydrogen-bond acceptors (Lipinski definition) is 3. The lowest BCUT2D eigenvalue weighted by Gasteiger charge is -2.05. The summed E-state index contributed by atoms with van der Waals surface area (Å²) in [5.41, 5.74) is 7.81. The molecule has 16 heavy (non-hydrogen) atoms. The summed E-state index contributed by atoms with van der Waals surface area (Å²) >= 11 is 2.27. The molecule has 0 aliphatic carbocycles. The Hall–Kier alpha value is -1.04. The van der Waals surface area contributed by atoms with Gasteiger partial charge in [-0.3, -0.25) is 0 Å². The smallest absolute Gasteiger partial charge is 0.172 e. The molecule has 0 atom stereocenters. The predicted molar refractivity (Wildman–Crippen MR) is 73.2 cm³/mol. The van der Waals surface area contributed by atoms with Crippen molar-refractivity contribution in [2.45, 2.75) is 19.8 Å². The number of nitrogens with zero attached hydrogens (tertiary/aromatic N) is 1. The third kappa shape index (κ3) is 2.07. The van der Waals surface area contributed by atoms with E-state index in [0.29, 0.717) is 11.7 Å². The number of nitrogen functional groups attached to an aromatic ring is 1. The number of anilines is 1. The molecule has 0 bridgehead atoms. The average Bonchev–Trinajstić information content (AvgIpc) is 2.61. The van der Waals surface area contributed by atoms with Crippen LogP contribution in [-0.4, -0.2) is 5.16 Å². The first kappa shape index (κ1) is 11.4. The van der Waals surface area contributed by atoms with E-state index in [0.717, 1.165) is 16.9 Å². The van der Waals surface area contributed by atoms with E-state index in [4.69, 9.17) is 10.3 Å². The Kier molecular flexibility index (Phi) is 3.18. The van der Waals surface area contributed by atoms with Gasteiger partial charge in [0.15, 0.2) is 11.6 Å². The number of benzene rings is 1. The monoisotopic (exact) mass is 328 g/mol. The molecule has 4 heteroatoms. The van der Waals surface area contributed by atoms with E-state index in [9.17, 15) is 0 Å². The minimum absolute atomic E-state index is 0.306. The first-order chi connectivity index (χ1) is 7.59. The molecule has 2 aromatic rings. The minimum atomic E-state index is 0.306. The van der Waals surface area contributed by atoms with Crippen LogP contribution in [0.3, 0.4) is 0 Å². The number of nitrogens with two attached hydrogens (primary N) is 1. The van der Waals surface area contributed by atoms with E-state index in [1.165, 1.54) is 3.57 Å². The van der Waals surface area contributed by atoms with Gasteiger partial charge in [-0.2, -0.15) is 0 Å². The number of rotatable bonds is 2. The number of halogens is 1. The fraction of sp³-hybridized carbons (Fsp3) is 0.250. The van der Waals surface area contributed by atoms with Crippen molar-refractivity contribution in [3.05, 3.63) is 33.4 Å². The van der Waals surface area contributed by atoms with Gasteiger partial charge in [-0.15, -0.1) is 0 Å². The van der Waals surface area contributed by atoms with Crippen molar-refractivity contribution < 1.29 is 4.52 Å². The predicted octanol–water partition coefficient (Wildman–Crippen LogP) is 3.65. The standard InChI is InChI=1S/C12H13IN2O/c1-7(2)10-11(16-15-12(10)14)8-3-5-9(13)6-4-8/h3-7H,1-2H3,(H2,14,15). The molecule has 84 valence electrons. The molecule has 0 radical (unpaired) electrons. The van der Waals surface area contributed by atoms with Crippen LogP contribution < -0.4 is 5.73 Å². The van der Waals surface area contributed by atoms with E-state index in [2.05, 4.69) is 41.6 Å². The van der Waals surface area contributed by atoms with Gasteiger partial charge < -0.3 is 10.3 Å². The lowest BCUT2D eigenvalue weighted by Crippen LogP contribution is -1.95. The largest absolute Gasteiger partial charge is 0.381 e. The fourth-order valence-electron chi connectivity index (χ4n) is 1.68. The molecule has 0 saturated carbocycles. The highest BCUT2D eigenvalue weighted by molar-refractivity contribution is 14.1. The third-order valence-corrected chi connectivity index (χ3v) is 3.16. The zero-order valence-corrected chi connectivity index (χ0v) is 11.4. The maximum absolute atomic E-state index is 5.80. The zero-order valence-electron chi connectivity index (χ0n) is 9.20. The Morgan fingerprint density at radius 3 is 2.44 bits per heavy atom. The SMILES string of the molecule is CC(C)c1c(N)noc1-c1ccc(I)cc1. The van der Waals surface area contributed by atoms with Crippen molar-refractivity contribution in [3.63, 3.8) is 0 Å². The van der Waals surface area contributed by atoms with E-state index in [-0.39, 0.29) is 0 Å². The molecule has 0 unspecified atom stereocenters. The van der Waals surface area contributed by atoms with Crippen LogP contribution in [0.2, 0.25) is 0 Å². The molecular weight excluding hydrogens is 315 g/mol. The van der Waals surface area contributed by atoms with Crippen LogP contribution in [0.15, 0.2) is 28.8 Å². The molecule has 1 aromatic carbocycles. The van der Waals surface area contributed by atoms with Crippen molar-refractivity contribution in [1.82, 2.24) is 5.16 Å². The van der Waals surface area contributed by atoms with Crippen molar-refractivity contribution >= 4 is 28.4 Å². The Balaban J connectivity index is 2.52. The molecule has 0 fully saturated rings. The zero-order chi connectivity index (χ0) is 11.7. The van der Waals surface area contributed by atoms with E-state index in [1.807, 2.05) is 24.3 Å². The van der Waals surface area contributed by atoms with Crippen LogP contribution in [0.5, 0.6) is 0 Å². The first-order valence-electron chi connectivity index (χ1n) is 5.10. The van der Waals surface area contributed by atoms with Gasteiger partial charge in [0, 0.05) is 14.7 Å². The first-order valence-corrected chi connectivity index (χ1v) is 6.18. The second kappa shape index (κ2) is 4.45. The lowest BCUT2D eigenvalue weighted by atomic mass is 9.99. The summed E-state index contributed by atoms with van der Waals surface area (Å²) in [5, 5.41) is 3.84. The van der Waals surface area contributed by atoms with Gasteiger partial charge in [0.2, 0.25) is 0 Å². The Morgan fingerprint density at radius 2 is 1.88 bits per heavy atom. The number of aromatic nitrogens is 1. The molecule has 1 aromatic heterocycles. The van der Waals surface area contributed by atoms with Crippen LogP contribution in [0.25, 0.3) is 11.3 Å². The Morgan fingerprint density at radius 1 is 1.25 bits per heavy atom. The maximum Gasteiger partial charge on any atom is 0.172 e. The maximum atomic E-state index is 5.80. The highest BCUT2D eigenvalue weighted by Crippen LogP contribution is 2.33. The highest BCUT2D eigenvalue weighted by atomic mass is 127. The lowest BCUT2D eigenvalue weighted by molar-refractivity contribution is 0.434. The second-order valence-electron chi connectivity index (χ2n) is 3.97. The molecule has 0 aliphatic rings. The molecule has 1 heterocycles. The van der Waals surface area contributed by atoms with E-state index < -0.39 is 0 Å². The second-order valence-corrected chi connectivity index (χ2v) is 5.22. The molecule has 0 spiro atoms. The van der Waals surface area contributed by atoms with Crippen molar-refractivity contribution in [3.8, 4) is 11.3 Å². The summed E-state index contributed by atoms with van der Waals surface area (Å²) in [5.74, 6) is 1.58. The third-order valence-electron chi connectivity index (χ3n) is 2.44. The topological polar surface area (TPSA) is 52.0 Å². The van der Waals surface area contributed by atoms with E-state index >= 15 is 0 Å². The summed E-state index contributed by atoms with van der Waals surface area (Å²) in [7, 11) is 0. The molecule has 3 nitrogen and oxygen atoms in total. The summed E-state index contributed by atoms with van der Waals surface area (Å²) in [6.45, 7) is 4.16. The summed E-state index contributed by atoms with van der Waals surface area (Å²) < 4.78 is 6.50. The molecular formula is C12H13IN2O. The van der Waals surface area contributed by atoms with Gasteiger partial charge in [0.05, 0.1) is 0 Å². The van der Waals surface area contributed by atoms with Gasteiger partial charge in [-0.05, 0) is 40.6 Å². The summed E-state index contributed by atoms with van der Waals surface area (Å²) in [6, 6.07) is 8.12. The van der Waals surface area contributed by atoms with Crippen LogP contribution in [0.1, 0.15) is 25.3 Å². The van der Waals surface area contributed by atoms with Gasteiger partial charge in [-0.25, -0.2) is 0 Å². The van der Waals surface area contributed by atoms with Crippen molar-refractivity contribution in [2.75, 3.05) is 5.73 Å². The molecule has 0 aliphatic heterocycles. The molecule has 2 rings (SSSR count). The minimum Gasteiger partial charge on any atom is -0.381 e. The summed E-state index contributed by atoms with van der Waals surface area (Å²) in [4.78, 5) is 0.